The molecule has 0 amide bonds. The molecule has 0 bridgehead atoms. The second-order valence-corrected chi connectivity index (χ2v) is 7.00. The number of para-hydroxylation sites is 2. The lowest BCUT2D eigenvalue weighted by Gasteiger charge is -2.13. The Balaban J connectivity index is 1.52. The molecule has 29 heavy (non-hydrogen) atoms. The number of nitrogens with zero attached hydrogens (tertiary/aromatic N) is 2. The van der Waals surface area contributed by atoms with Crippen molar-refractivity contribution >= 4 is 46.3 Å². The molecule has 0 saturated heterocycles. The van der Waals surface area contributed by atoms with Gasteiger partial charge in [-0.2, -0.15) is 0 Å². The van der Waals surface area contributed by atoms with Gasteiger partial charge in [0.15, 0.2) is 0 Å². The fraction of sp³-hybridized carbons (Fsp3) is 0.0476. The summed E-state index contributed by atoms with van der Waals surface area (Å²) in [7, 11) is 0. The van der Waals surface area contributed by atoms with Crippen LogP contribution in [0.3, 0.4) is 0 Å². The van der Waals surface area contributed by atoms with E-state index in [9.17, 15) is 4.39 Å². The normalized spacial score (nSPS) is 10.7. The van der Waals surface area contributed by atoms with Gasteiger partial charge in [0, 0.05) is 11.4 Å². The van der Waals surface area contributed by atoms with Gasteiger partial charge in [0.1, 0.15) is 5.82 Å². The van der Waals surface area contributed by atoms with Gasteiger partial charge in [0.25, 0.3) is 0 Å². The van der Waals surface area contributed by atoms with Crippen molar-refractivity contribution < 1.29 is 8.81 Å². The third-order valence-electron chi connectivity index (χ3n) is 4.14. The molecule has 2 N–H and O–H groups in total. The fourth-order valence-electron chi connectivity index (χ4n) is 2.74. The standard InChI is InChI=1S/C21H15Cl2FN4O/c22-16-5-3-6-17(23)20(16)26-18-7-2-1-4-13(18)12-19-27-28-21(29-19)25-15-10-8-14(24)9-11-15/h1-11,26H,12H2,(H,25,28). The Kier molecular flexibility index (Phi) is 5.64. The van der Waals surface area contributed by atoms with Crippen LogP contribution in [0.5, 0.6) is 0 Å². The van der Waals surface area contributed by atoms with E-state index < -0.39 is 0 Å². The van der Waals surface area contributed by atoms with Crippen molar-refractivity contribution in [2.24, 2.45) is 0 Å². The Morgan fingerprint density at radius 3 is 2.31 bits per heavy atom. The van der Waals surface area contributed by atoms with Crippen LogP contribution in [0.15, 0.2) is 71.1 Å². The van der Waals surface area contributed by atoms with Gasteiger partial charge < -0.3 is 15.1 Å². The highest BCUT2D eigenvalue weighted by Crippen LogP contribution is 2.34. The van der Waals surface area contributed by atoms with Crippen LogP contribution in [-0.4, -0.2) is 10.2 Å². The van der Waals surface area contributed by atoms with Crippen molar-refractivity contribution in [2.75, 3.05) is 10.6 Å². The molecule has 0 unspecified atom stereocenters. The van der Waals surface area contributed by atoms with E-state index >= 15 is 0 Å². The van der Waals surface area contributed by atoms with E-state index in [0.717, 1.165) is 11.3 Å². The molecule has 0 spiro atoms. The summed E-state index contributed by atoms with van der Waals surface area (Å²) in [5, 5.41) is 15.3. The van der Waals surface area contributed by atoms with Crippen molar-refractivity contribution in [3.8, 4) is 0 Å². The van der Waals surface area contributed by atoms with E-state index in [0.29, 0.717) is 33.7 Å². The topological polar surface area (TPSA) is 63.0 Å². The van der Waals surface area contributed by atoms with E-state index in [-0.39, 0.29) is 11.8 Å². The first-order chi connectivity index (χ1) is 14.1. The lowest BCUT2D eigenvalue weighted by Crippen LogP contribution is -1.98. The van der Waals surface area contributed by atoms with E-state index in [1.807, 2.05) is 24.3 Å². The number of hydrogen-bond donors (Lipinski definition) is 2. The van der Waals surface area contributed by atoms with Crippen LogP contribution in [0.2, 0.25) is 10.0 Å². The number of rotatable bonds is 6. The molecular formula is C21H15Cl2FN4O. The van der Waals surface area contributed by atoms with Crippen LogP contribution >= 0.6 is 23.2 Å². The molecule has 4 aromatic rings. The first-order valence-electron chi connectivity index (χ1n) is 8.72. The summed E-state index contributed by atoms with van der Waals surface area (Å²) < 4.78 is 18.7. The third kappa shape index (κ3) is 4.67. The molecular weight excluding hydrogens is 414 g/mol. The summed E-state index contributed by atoms with van der Waals surface area (Å²) in [6, 6.07) is 19.1. The predicted octanol–water partition coefficient (Wildman–Crippen LogP) is 6.59. The maximum absolute atomic E-state index is 13.0. The van der Waals surface area contributed by atoms with Crippen molar-refractivity contribution in [1.29, 1.82) is 0 Å². The first kappa shape index (κ1) is 19.2. The van der Waals surface area contributed by atoms with E-state index in [4.69, 9.17) is 27.6 Å². The summed E-state index contributed by atoms with van der Waals surface area (Å²) in [4.78, 5) is 0. The Morgan fingerprint density at radius 1 is 0.828 bits per heavy atom. The van der Waals surface area contributed by atoms with E-state index in [2.05, 4.69) is 20.8 Å². The Hall–Kier alpha value is -3.09. The lowest BCUT2D eigenvalue weighted by molar-refractivity contribution is 0.521. The Labute approximate surface area is 176 Å². The summed E-state index contributed by atoms with van der Waals surface area (Å²) >= 11 is 12.5. The van der Waals surface area contributed by atoms with Gasteiger partial charge in [-0.3, -0.25) is 0 Å². The van der Waals surface area contributed by atoms with Crippen LogP contribution in [0.1, 0.15) is 11.5 Å². The lowest BCUT2D eigenvalue weighted by atomic mass is 10.1. The van der Waals surface area contributed by atoms with Gasteiger partial charge in [-0.05, 0) is 48.0 Å². The van der Waals surface area contributed by atoms with Gasteiger partial charge in [-0.15, -0.1) is 5.10 Å². The van der Waals surface area contributed by atoms with Gasteiger partial charge in [-0.1, -0.05) is 52.6 Å². The van der Waals surface area contributed by atoms with Crippen LogP contribution in [0.25, 0.3) is 0 Å². The average Bonchev–Trinajstić information content (AvgIpc) is 3.15. The van der Waals surface area contributed by atoms with E-state index in [1.165, 1.54) is 12.1 Å². The Bertz CT molecular complexity index is 1110. The number of anilines is 4. The number of halogens is 3. The Morgan fingerprint density at radius 2 is 1.55 bits per heavy atom. The maximum atomic E-state index is 13.0. The van der Waals surface area contributed by atoms with Crippen molar-refractivity contribution in [3.05, 3.63) is 94.0 Å². The number of nitrogens with one attached hydrogen (secondary N) is 2. The third-order valence-corrected chi connectivity index (χ3v) is 4.77. The summed E-state index contributed by atoms with van der Waals surface area (Å²) in [6.45, 7) is 0. The minimum atomic E-state index is -0.315. The quantitative estimate of drug-likeness (QED) is 0.362. The molecule has 0 radical (unpaired) electrons. The molecule has 0 aliphatic rings. The van der Waals surface area contributed by atoms with Crippen LogP contribution in [0, 0.1) is 5.82 Å². The second-order valence-electron chi connectivity index (χ2n) is 6.19. The predicted molar refractivity (Wildman–Crippen MR) is 113 cm³/mol. The molecule has 0 aliphatic carbocycles. The van der Waals surface area contributed by atoms with Crippen LogP contribution in [0.4, 0.5) is 27.5 Å². The van der Waals surface area contributed by atoms with Crippen molar-refractivity contribution in [1.82, 2.24) is 10.2 Å². The summed E-state index contributed by atoms with van der Waals surface area (Å²) in [6.07, 6.45) is 0.406. The second kappa shape index (κ2) is 8.51. The number of aromatic nitrogens is 2. The molecule has 3 aromatic carbocycles. The van der Waals surface area contributed by atoms with Gasteiger partial charge >= 0.3 is 6.01 Å². The largest absolute Gasteiger partial charge is 0.408 e. The first-order valence-corrected chi connectivity index (χ1v) is 9.48. The highest BCUT2D eigenvalue weighted by Gasteiger charge is 2.12. The molecule has 0 atom stereocenters. The number of benzene rings is 3. The zero-order valence-electron chi connectivity index (χ0n) is 15.0. The monoisotopic (exact) mass is 428 g/mol. The van der Waals surface area contributed by atoms with Gasteiger partial charge in [0.05, 0.1) is 22.2 Å². The highest BCUT2D eigenvalue weighted by molar-refractivity contribution is 6.39. The highest BCUT2D eigenvalue weighted by atomic mass is 35.5. The molecule has 4 rings (SSSR count). The minimum Gasteiger partial charge on any atom is -0.408 e. The molecule has 0 saturated carbocycles. The number of hydrogen-bond acceptors (Lipinski definition) is 5. The van der Waals surface area contributed by atoms with Crippen LogP contribution in [-0.2, 0) is 6.42 Å². The van der Waals surface area contributed by atoms with Crippen LogP contribution < -0.4 is 10.6 Å². The average molecular weight is 429 g/mol. The fourth-order valence-corrected chi connectivity index (χ4v) is 3.24. The molecule has 8 heteroatoms. The minimum absolute atomic E-state index is 0.228. The summed E-state index contributed by atoms with van der Waals surface area (Å²) in [5.74, 6) is 0.110. The molecule has 1 aromatic heterocycles. The van der Waals surface area contributed by atoms with Gasteiger partial charge in [0.2, 0.25) is 5.89 Å². The molecule has 1 heterocycles. The molecule has 146 valence electrons. The van der Waals surface area contributed by atoms with Crippen molar-refractivity contribution in [3.63, 3.8) is 0 Å². The smallest absolute Gasteiger partial charge is 0.320 e. The molecule has 0 aliphatic heterocycles. The summed E-state index contributed by atoms with van der Waals surface area (Å²) in [5.41, 5.74) is 3.04. The van der Waals surface area contributed by atoms with Crippen molar-refractivity contribution in [2.45, 2.75) is 6.42 Å². The SMILES string of the molecule is Fc1ccc(Nc2nnc(Cc3ccccc3Nc3c(Cl)cccc3Cl)o2)cc1. The zero-order chi connectivity index (χ0) is 20.2. The van der Waals surface area contributed by atoms with Gasteiger partial charge in [-0.25, -0.2) is 4.39 Å². The molecule has 0 fully saturated rings. The maximum Gasteiger partial charge on any atom is 0.320 e. The zero-order valence-corrected chi connectivity index (χ0v) is 16.5. The van der Waals surface area contributed by atoms with E-state index in [1.54, 1.807) is 30.3 Å². The molecule has 5 nitrogen and oxygen atoms in total.